The van der Waals surface area contributed by atoms with Gasteiger partial charge in [-0.2, -0.15) is 0 Å². The molecule has 202 valence electrons. The third-order valence-electron chi connectivity index (χ3n) is 5.87. The predicted molar refractivity (Wildman–Crippen MR) is 134 cm³/mol. The minimum atomic E-state index is -1.10. The number of hydrogen-bond donors (Lipinski definition) is 1. The Morgan fingerprint density at radius 3 is 2.25 bits per heavy atom. The van der Waals surface area contributed by atoms with Crippen LogP contribution in [0.1, 0.15) is 66.9 Å². The third-order valence-corrected chi connectivity index (χ3v) is 5.87. The zero-order valence-corrected chi connectivity index (χ0v) is 22.7. The van der Waals surface area contributed by atoms with Crippen molar-refractivity contribution < 1.29 is 33.0 Å². The van der Waals surface area contributed by atoms with Gasteiger partial charge in [0.05, 0.1) is 18.1 Å². The molecule has 2 rings (SSSR count). The lowest BCUT2D eigenvalue weighted by Crippen LogP contribution is -2.53. The molecule has 4 atom stereocenters. The average Bonchev–Trinajstić information content (AvgIpc) is 3.22. The molecule has 0 radical (unpaired) electrons. The summed E-state index contributed by atoms with van der Waals surface area (Å²) in [6.07, 6.45) is 0.260. The normalized spacial score (nSPS) is 18.8. The molecule has 36 heavy (non-hydrogen) atoms. The number of likely N-dealkylation sites (tertiary alicyclic amines) is 1. The molecule has 1 aliphatic heterocycles. The maximum absolute atomic E-state index is 14.3. The fourth-order valence-corrected chi connectivity index (χ4v) is 4.28. The van der Waals surface area contributed by atoms with E-state index in [4.69, 9.17) is 14.2 Å². The summed E-state index contributed by atoms with van der Waals surface area (Å²) < 4.78 is 31.1. The second-order valence-electron chi connectivity index (χ2n) is 11.3. The number of carbonyl (C=O) groups is 3. The van der Waals surface area contributed by atoms with E-state index in [0.717, 1.165) is 6.42 Å². The molecule has 1 unspecified atom stereocenters. The van der Waals surface area contributed by atoms with Gasteiger partial charge in [-0.1, -0.05) is 25.1 Å². The molecule has 0 aliphatic carbocycles. The maximum Gasteiger partial charge on any atom is 0.410 e. The number of halogens is 1. The summed E-state index contributed by atoms with van der Waals surface area (Å²) >= 11 is 0. The van der Waals surface area contributed by atoms with Crippen molar-refractivity contribution in [2.75, 3.05) is 13.7 Å². The second kappa shape index (κ2) is 12.0. The Labute approximate surface area is 213 Å². The third kappa shape index (κ3) is 8.47. The molecule has 1 aliphatic rings. The van der Waals surface area contributed by atoms with Gasteiger partial charge in [0.1, 0.15) is 23.1 Å². The van der Waals surface area contributed by atoms with Crippen molar-refractivity contribution in [2.45, 2.75) is 97.1 Å². The van der Waals surface area contributed by atoms with Crippen LogP contribution in [0.3, 0.4) is 0 Å². The van der Waals surface area contributed by atoms with Crippen molar-refractivity contribution in [2.24, 2.45) is 5.92 Å². The zero-order chi connectivity index (χ0) is 27.3. The van der Waals surface area contributed by atoms with Gasteiger partial charge in [-0.25, -0.2) is 14.0 Å². The number of amides is 2. The fraction of sp³-hybridized carbons (Fsp3) is 0.667. The first-order valence-electron chi connectivity index (χ1n) is 12.4. The van der Waals surface area contributed by atoms with Crippen LogP contribution in [-0.4, -0.2) is 65.9 Å². The number of benzene rings is 1. The van der Waals surface area contributed by atoms with Crippen LogP contribution in [-0.2, 0) is 30.2 Å². The van der Waals surface area contributed by atoms with Gasteiger partial charge in [-0.3, -0.25) is 4.79 Å². The molecular weight excluding hydrogens is 467 g/mol. The number of hydrogen-bond acceptors (Lipinski definition) is 6. The summed E-state index contributed by atoms with van der Waals surface area (Å²) in [5, 5.41) is 2.74. The predicted octanol–water partition coefficient (Wildman–Crippen LogP) is 4.25. The van der Waals surface area contributed by atoms with Gasteiger partial charge >= 0.3 is 12.1 Å². The molecule has 1 N–H and O–H groups in total. The van der Waals surface area contributed by atoms with Crippen LogP contribution < -0.4 is 5.32 Å². The summed E-state index contributed by atoms with van der Waals surface area (Å²) in [7, 11) is 1.49. The Morgan fingerprint density at radius 2 is 1.69 bits per heavy atom. The molecule has 1 saturated heterocycles. The monoisotopic (exact) mass is 508 g/mol. The Balaban J connectivity index is 2.21. The number of methoxy groups -OCH3 is 1. The number of nitrogens with one attached hydrogen (secondary N) is 1. The van der Waals surface area contributed by atoms with Crippen LogP contribution in [0.25, 0.3) is 0 Å². The number of carbonyl (C=O) groups excluding carboxylic acids is 3. The number of ether oxygens (including phenoxy) is 3. The summed E-state index contributed by atoms with van der Waals surface area (Å²) in [6.45, 7) is 12.8. The van der Waals surface area contributed by atoms with E-state index in [1.165, 1.54) is 13.2 Å². The average molecular weight is 509 g/mol. The van der Waals surface area contributed by atoms with Crippen molar-refractivity contribution in [3.8, 4) is 0 Å². The Bertz CT molecular complexity index is 924. The topological polar surface area (TPSA) is 94.2 Å². The van der Waals surface area contributed by atoms with Crippen molar-refractivity contribution in [1.29, 1.82) is 0 Å². The molecule has 0 aromatic heterocycles. The molecule has 9 heteroatoms. The zero-order valence-electron chi connectivity index (χ0n) is 22.7. The largest absolute Gasteiger partial charge is 0.458 e. The van der Waals surface area contributed by atoms with Crippen LogP contribution in [0.4, 0.5) is 9.18 Å². The van der Waals surface area contributed by atoms with Gasteiger partial charge in [0, 0.05) is 20.1 Å². The Kier molecular flexibility index (Phi) is 9.88. The van der Waals surface area contributed by atoms with Crippen molar-refractivity contribution in [1.82, 2.24) is 10.2 Å². The highest BCUT2D eigenvalue weighted by atomic mass is 19.1. The highest BCUT2D eigenvalue weighted by molar-refractivity contribution is 5.86. The van der Waals surface area contributed by atoms with Crippen molar-refractivity contribution in [3.05, 3.63) is 35.6 Å². The Morgan fingerprint density at radius 1 is 1.08 bits per heavy atom. The molecule has 1 fully saturated rings. The number of esters is 1. The smallest absolute Gasteiger partial charge is 0.410 e. The first-order valence-corrected chi connectivity index (χ1v) is 12.4. The summed E-state index contributed by atoms with van der Waals surface area (Å²) in [4.78, 5) is 40.7. The summed E-state index contributed by atoms with van der Waals surface area (Å²) in [5.74, 6) is -2.29. The minimum absolute atomic E-state index is 0.0643. The first-order chi connectivity index (χ1) is 16.6. The standard InChI is InChI=1S/C27H41FN2O6/c1-17(22(34-8)21-14-11-15-30(21)25(33)36-27(5,6)7)23(31)29-20(24(32)35-26(2,3)4)16-18-12-9-10-13-19(18)28/h9-10,12-13,17,20-22H,11,14-16H2,1-8H3,(H,29,31)/t17-,20+,21+,22?/m1/s1. The first kappa shape index (κ1) is 29.5. The van der Waals surface area contributed by atoms with E-state index in [1.54, 1.807) is 71.6 Å². The Hall–Kier alpha value is -2.68. The van der Waals surface area contributed by atoms with Crippen LogP contribution >= 0.6 is 0 Å². The summed E-state index contributed by atoms with van der Waals surface area (Å²) in [6, 6.07) is 4.64. The quantitative estimate of drug-likeness (QED) is 0.528. The molecule has 2 amide bonds. The van der Waals surface area contributed by atoms with Gasteiger partial charge < -0.3 is 24.4 Å². The molecule has 0 bridgehead atoms. The minimum Gasteiger partial charge on any atom is -0.458 e. The fourth-order valence-electron chi connectivity index (χ4n) is 4.28. The summed E-state index contributed by atoms with van der Waals surface area (Å²) in [5.41, 5.74) is -1.15. The highest BCUT2D eigenvalue weighted by Crippen LogP contribution is 2.28. The number of rotatable bonds is 8. The van der Waals surface area contributed by atoms with E-state index in [2.05, 4.69) is 5.32 Å². The van der Waals surface area contributed by atoms with Gasteiger partial charge in [0.2, 0.25) is 5.91 Å². The lowest BCUT2D eigenvalue weighted by atomic mass is 9.94. The lowest BCUT2D eigenvalue weighted by molar-refractivity contribution is -0.159. The lowest BCUT2D eigenvalue weighted by Gasteiger charge is -2.35. The molecule has 1 aromatic carbocycles. The van der Waals surface area contributed by atoms with E-state index in [0.29, 0.717) is 13.0 Å². The van der Waals surface area contributed by atoms with Gasteiger partial charge in [-0.15, -0.1) is 0 Å². The highest BCUT2D eigenvalue weighted by Gasteiger charge is 2.42. The van der Waals surface area contributed by atoms with Gasteiger partial charge in [-0.05, 0) is 66.0 Å². The van der Waals surface area contributed by atoms with Gasteiger partial charge in [0.15, 0.2) is 0 Å². The van der Waals surface area contributed by atoms with Crippen molar-refractivity contribution in [3.63, 3.8) is 0 Å². The van der Waals surface area contributed by atoms with E-state index in [-0.39, 0.29) is 18.0 Å². The molecule has 1 aromatic rings. The van der Waals surface area contributed by atoms with E-state index in [9.17, 15) is 18.8 Å². The van der Waals surface area contributed by atoms with Gasteiger partial charge in [0.25, 0.3) is 0 Å². The van der Waals surface area contributed by atoms with Crippen LogP contribution in [0, 0.1) is 11.7 Å². The van der Waals surface area contributed by atoms with E-state index < -0.39 is 53.1 Å². The molecule has 0 saturated carbocycles. The van der Waals surface area contributed by atoms with Crippen LogP contribution in [0.5, 0.6) is 0 Å². The van der Waals surface area contributed by atoms with Crippen LogP contribution in [0.2, 0.25) is 0 Å². The molecule has 8 nitrogen and oxygen atoms in total. The van der Waals surface area contributed by atoms with Crippen LogP contribution in [0.15, 0.2) is 24.3 Å². The molecule has 1 heterocycles. The second-order valence-corrected chi connectivity index (χ2v) is 11.3. The van der Waals surface area contributed by atoms with E-state index >= 15 is 0 Å². The van der Waals surface area contributed by atoms with E-state index in [1.807, 2.05) is 0 Å². The molecular formula is C27H41FN2O6. The molecule has 0 spiro atoms. The SMILES string of the molecule is COC([C@@H](C)C(=O)N[C@@H](Cc1ccccc1F)C(=O)OC(C)(C)C)[C@@H]1CCCN1C(=O)OC(C)(C)C. The maximum atomic E-state index is 14.3. The van der Waals surface area contributed by atoms with Crippen molar-refractivity contribution >= 4 is 18.0 Å². The number of nitrogens with zero attached hydrogens (tertiary/aromatic N) is 1.